The third kappa shape index (κ3) is 3.86. The second-order valence-electron chi connectivity index (χ2n) is 4.32. The molecular formula is C10H14F3NO4. The quantitative estimate of drug-likeness (QED) is 0.787. The fourth-order valence-corrected chi connectivity index (χ4v) is 1.97. The Hall–Kier alpha value is -1.31. The van der Waals surface area contributed by atoms with Crippen LogP contribution in [-0.2, 0) is 9.59 Å². The number of carboxylic acids is 1. The lowest BCUT2D eigenvalue weighted by Crippen LogP contribution is -2.45. The number of carboxylic acid groups (broad SMARTS) is 1. The lowest BCUT2D eigenvalue weighted by Gasteiger charge is -2.32. The molecule has 1 unspecified atom stereocenters. The highest BCUT2D eigenvalue weighted by Gasteiger charge is 2.43. The molecule has 0 aromatic rings. The summed E-state index contributed by atoms with van der Waals surface area (Å²) in [6.45, 7) is -0.120. The first kappa shape index (κ1) is 14.7. The van der Waals surface area contributed by atoms with E-state index in [0.29, 0.717) is 4.90 Å². The van der Waals surface area contributed by atoms with Gasteiger partial charge in [0.25, 0.3) is 0 Å². The standard InChI is InChI=1S/C10H14F3NO4/c11-10(12,13)9(18)14-3-1-6(2-4-14)5-7(15)8(16)17/h6-7,15H,1-5H2,(H,16,17). The van der Waals surface area contributed by atoms with Crippen molar-refractivity contribution in [2.24, 2.45) is 5.92 Å². The first-order valence-electron chi connectivity index (χ1n) is 5.48. The van der Waals surface area contributed by atoms with Gasteiger partial charge in [-0.2, -0.15) is 13.2 Å². The van der Waals surface area contributed by atoms with Crippen LogP contribution in [0.2, 0.25) is 0 Å². The molecule has 0 aromatic heterocycles. The summed E-state index contributed by atoms with van der Waals surface area (Å²) in [5, 5.41) is 17.6. The first-order chi connectivity index (χ1) is 8.21. The van der Waals surface area contributed by atoms with E-state index in [1.54, 1.807) is 0 Å². The number of piperidine rings is 1. The minimum Gasteiger partial charge on any atom is -0.479 e. The molecule has 0 bridgehead atoms. The summed E-state index contributed by atoms with van der Waals surface area (Å²) >= 11 is 0. The molecule has 2 N–H and O–H groups in total. The molecule has 1 aliphatic rings. The zero-order chi connectivity index (χ0) is 13.9. The van der Waals surface area contributed by atoms with E-state index in [1.165, 1.54) is 0 Å². The number of amides is 1. The molecule has 1 atom stereocenters. The Kier molecular flexibility index (Phi) is 4.55. The van der Waals surface area contributed by atoms with Gasteiger partial charge in [0.2, 0.25) is 0 Å². The highest BCUT2D eigenvalue weighted by molar-refractivity contribution is 5.81. The summed E-state index contributed by atoms with van der Waals surface area (Å²) in [4.78, 5) is 22.0. The number of aliphatic carboxylic acids is 1. The van der Waals surface area contributed by atoms with Crippen molar-refractivity contribution in [3.63, 3.8) is 0 Å². The van der Waals surface area contributed by atoms with Crippen molar-refractivity contribution in [2.45, 2.75) is 31.5 Å². The molecule has 5 nitrogen and oxygen atoms in total. The van der Waals surface area contributed by atoms with Gasteiger partial charge in [-0.3, -0.25) is 4.79 Å². The molecule has 1 saturated heterocycles. The van der Waals surface area contributed by atoms with E-state index in [-0.39, 0.29) is 38.3 Å². The lowest BCUT2D eigenvalue weighted by molar-refractivity contribution is -0.186. The van der Waals surface area contributed by atoms with Gasteiger partial charge >= 0.3 is 18.1 Å². The Bertz CT molecular complexity index is 324. The summed E-state index contributed by atoms with van der Waals surface area (Å²) in [5.41, 5.74) is 0. The van der Waals surface area contributed by atoms with Gasteiger partial charge in [0, 0.05) is 13.1 Å². The minimum atomic E-state index is -4.87. The van der Waals surface area contributed by atoms with Gasteiger partial charge in [0.05, 0.1) is 0 Å². The maximum Gasteiger partial charge on any atom is 0.471 e. The van der Waals surface area contributed by atoms with Crippen LogP contribution < -0.4 is 0 Å². The SMILES string of the molecule is O=C(O)C(O)CC1CCN(C(=O)C(F)(F)F)CC1. The van der Waals surface area contributed by atoms with Crippen LogP contribution in [0, 0.1) is 5.92 Å². The highest BCUT2D eigenvalue weighted by atomic mass is 19.4. The highest BCUT2D eigenvalue weighted by Crippen LogP contribution is 2.26. The van der Waals surface area contributed by atoms with Crippen LogP contribution in [0.25, 0.3) is 0 Å². The van der Waals surface area contributed by atoms with Crippen molar-refractivity contribution in [1.82, 2.24) is 4.90 Å². The number of carbonyl (C=O) groups is 2. The van der Waals surface area contributed by atoms with Crippen LogP contribution in [0.3, 0.4) is 0 Å². The van der Waals surface area contributed by atoms with Crippen molar-refractivity contribution in [2.75, 3.05) is 13.1 Å². The van der Waals surface area contributed by atoms with Gasteiger partial charge in [0.15, 0.2) is 6.10 Å². The lowest BCUT2D eigenvalue weighted by atomic mass is 9.91. The number of nitrogens with zero attached hydrogens (tertiary/aromatic N) is 1. The summed E-state index contributed by atoms with van der Waals surface area (Å²) in [5.74, 6) is -3.38. The number of aliphatic hydroxyl groups excluding tert-OH is 1. The predicted octanol–water partition coefficient (Wildman–Crippen LogP) is 0.623. The number of hydrogen-bond acceptors (Lipinski definition) is 3. The molecule has 1 rings (SSSR count). The number of rotatable bonds is 3. The van der Waals surface area contributed by atoms with Crippen LogP contribution in [0.1, 0.15) is 19.3 Å². The molecule has 1 heterocycles. The normalized spacial score (nSPS) is 19.7. The molecule has 0 radical (unpaired) electrons. The molecule has 8 heteroatoms. The monoisotopic (exact) mass is 269 g/mol. The van der Waals surface area contributed by atoms with Crippen LogP contribution in [0.5, 0.6) is 0 Å². The molecule has 0 aliphatic carbocycles. The molecule has 0 aromatic carbocycles. The van der Waals surface area contributed by atoms with Crippen LogP contribution in [-0.4, -0.2) is 52.4 Å². The molecule has 1 amide bonds. The van der Waals surface area contributed by atoms with Gasteiger partial charge in [-0.1, -0.05) is 0 Å². The third-order valence-electron chi connectivity index (χ3n) is 2.99. The summed E-state index contributed by atoms with van der Waals surface area (Å²) in [7, 11) is 0. The molecule has 1 aliphatic heterocycles. The number of hydrogen-bond donors (Lipinski definition) is 2. The van der Waals surface area contributed by atoms with Gasteiger partial charge in [-0.25, -0.2) is 4.79 Å². The summed E-state index contributed by atoms with van der Waals surface area (Å²) in [6, 6.07) is 0. The largest absolute Gasteiger partial charge is 0.479 e. The molecule has 18 heavy (non-hydrogen) atoms. The molecule has 0 spiro atoms. The Morgan fingerprint density at radius 3 is 2.17 bits per heavy atom. The van der Waals surface area contributed by atoms with Crippen molar-refractivity contribution in [3.05, 3.63) is 0 Å². The van der Waals surface area contributed by atoms with Crippen LogP contribution in [0.15, 0.2) is 0 Å². The Balaban J connectivity index is 2.42. The number of halogens is 3. The van der Waals surface area contributed by atoms with Crippen LogP contribution in [0.4, 0.5) is 13.2 Å². The average Bonchev–Trinajstić information content (AvgIpc) is 2.27. The van der Waals surface area contributed by atoms with E-state index in [1.807, 2.05) is 0 Å². The van der Waals surface area contributed by atoms with Crippen molar-refractivity contribution in [3.8, 4) is 0 Å². The van der Waals surface area contributed by atoms with E-state index in [9.17, 15) is 22.8 Å². The maximum atomic E-state index is 12.1. The number of alkyl halides is 3. The fourth-order valence-electron chi connectivity index (χ4n) is 1.97. The first-order valence-corrected chi connectivity index (χ1v) is 5.48. The Morgan fingerprint density at radius 1 is 1.28 bits per heavy atom. The number of aliphatic hydroxyl groups is 1. The van der Waals surface area contributed by atoms with E-state index in [0.717, 1.165) is 0 Å². The molecule has 1 fully saturated rings. The van der Waals surface area contributed by atoms with Gasteiger partial charge in [-0.15, -0.1) is 0 Å². The zero-order valence-electron chi connectivity index (χ0n) is 9.48. The summed E-state index contributed by atoms with van der Waals surface area (Å²) in [6.07, 6.45) is -5.82. The smallest absolute Gasteiger partial charge is 0.471 e. The second-order valence-corrected chi connectivity index (χ2v) is 4.32. The topological polar surface area (TPSA) is 77.8 Å². The average molecular weight is 269 g/mol. The summed E-state index contributed by atoms with van der Waals surface area (Å²) < 4.78 is 36.4. The van der Waals surface area contributed by atoms with E-state index in [2.05, 4.69) is 0 Å². The van der Waals surface area contributed by atoms with Crippen molar-refractivity contribution >= 4 is 11.9 Å². The van der Waals surface area contributed by atoms with Crippen LogP contribution >= 0.6 is 0 Å². The predicted molar refractivity (Wildman–Crippen MR) is 53.6 cm³/mol. The molecule has 0 saturated carbocycles. The van der Waals surface area contributed by atoms with Gasteiger partial charge in [0.1, 0.15) is 0 Å². The third-order valence-corrected chi connectivity index (χ3v) is 2.99. The van der Waals surface area contributed by atoms with Crippen molar-refractivity contribution in [1.29, 1.82) is 0 Å². The maximum absolute atomic E-state index is 12.1. The van der Waals surface area contributed by atoms with Gasteiger partial charge < -0.3 is 15.1 Å². The molecular weight excluding hydrogens is 255 g/mol. The number of carbonyl (C=O) groups excluding carboxylic acids is 1. The van der Waals surface area contributed by atoms with Crippen molar-refractivity contribution < 1.29 is 33.0 Å². The Labute approximate surface area is 101 Å². The Morgan fingerprint density at radius 2 is 1.78 bits per heavy atom. The van der Waals surface area contributed by atoms with Gasteiger partial charge in [-0.05, 0) is 25.2 Å². The number of likely N-dealkylation sites (tertiary alicyclic amines) is 1. The zero-order valence-corrected chi connectivity index (χ0v) is 9.48. The minimum absolute atomic E-state index is 0.00335. The van der Waals surface area contributed by atoms with E-state index < -0.39 is 24.2 Å². The fraction of sp³-hybridized carbons (Fsp3) is 0.800. The molecule has 104 valence electrons. The second kappa shape index (κ2) is 5.55. The van der Waals surface area contributed by atoms with E-state index in [4.69, 9.17) is 10.2 Å². The van der Waals surface area contributed by atoms with E-state index >= 15 is 0 Å².